The Bertz CT molecular complexity index is 301. The molecule has 0 aliphatic heterocycles. The molecule has 0 heterocycles. The number of hydrogen-bond donors (Lipinski definition) is 3. The summed E-state index contributed by atoms with van der Waals surface area (Å²) in [5, 5.41) is 2.17. The van der Waals surface area contributed by atoms with Crippen molar-refractivity contribution in [3.05, 3.63) is 0 Å². The van der Waals surface area contributed by atoms with Gasteiger partial charge in [-0.05, 0) is 64.3 Å². The quantitative estimate of drug-likeness (QED) is 0.656. The molecule has 1 aliphatic rings. The Labute approximate surface area is 125 Å². The van der Waals surface area contributed by atoms with Gasteiger partial charge in [0.15, 0.2) is 0 Å². The van der Waals surface area contributed by atoms with Crippen molar-refractivity contribution in [1.29, 1.82) is 0 Å². The molecule has 20 heavy (non-hydrogen) atoms. The molecule has 1 saturated carbocycles. The minimum atomic E-state index is 0.250. The largest absolute Gasteiger partial charge is 0.330 e. The monoisotopic (exact) mass is 284 g/mol. The lowest BCUT2D eigenvalue weighted by atomic mass is 9.63. The van der Waals surface area contributed by atoms with Crippen LogP contribution < -0.4 is 16.6 Å². The molecule has 0 spiro atoms. The molecule has 0 bridgehead atoms. The van der Waals surface area contributed by atoms with Crippen molar-refractivity contribution in [2.75, 3.05) is 6.54 Å². The Morgan fingerprint density at radius 1 is 1.15 bits per heavy atom. The highest BCUT2D eigenvalue weighted by atomic mass is 15.7. The number of nitrogens with zero attached hydrogens (tertiary/aromatic N) is 1. The van der Waals surface area contributed by atoms with E-state index in [0.717, 1.165) is 13.0 Å². The van der Waals surface area contributed by atoms with E-state index in [1.165, 1.54) is 12.8 Å². The molecule has 4 nitrogen and oxygen atoms in total. The van der Waals surface area contributed by atoms with Crippen LogP contribution in [0.5, 0.6) is 0 Å². The lowest BCUT2D eigenvalue weighted by molar-refractivity contribution is -0.00798. The highest BCUT2D eigenvalue weighted by Gasteiger charge is 2.41. The van der Waals surface area contributed by atoms with Crippen LogP contribution in [-0.2, 0) is 0 Å². The van der Waals surface area contributed by atoms with Gasteiger partial charge >= 0.3 is 0 Å². The van der Waals surface area contributed by atoms with Crippen LogP contribution >= 0.6 is 0 Å². The van der Waals surface area contributed by atoms with Gasteiger partial charge in [-0.2, -0.15) is 5.12 Å². The second-order valence-electron chi connectivity index (χ2n) is 8.34. The Balaban J connectivity index is 2.73. The van der Waals surface area contributed by atoms with E-state index in [-0.39, 0.29) is 5.41 Å². The number of nitrogens with two attached hydrogens (primary N) is 1. The summed E-state index contributed by atoms with van der Waals surface area (Å²) in [6, 6.07) is 1.34. The van der Waals surface area contributed by atoms with Crippen molar-refractivity contribution < 1.29 is 0 Å². The van der Waals surface area contributed by atoms with E-state index in [4.69, 9.17) is 5.73 Å². The molecule has 0 radical (unpaired) electrons. The van der Waals surface area contributed by atoms with Crippen LogP contribution in [0.4, 0.5) is 0 Å². The fraction of sp³-hybridized carbons (Fsp3) is 1.00. The van der Waals surface area contributed by atoms with Crippen molar-refractivity contribution in [3.63, 3.8) is 0 Å². The summed E-state index contributed by atoms with van der Waals surface area (Å²) in [4.78, 5) is 0. The van der Waals surface area contributed by atoms with Crippen LogP contribution in [0, 0.1) is 10.8 Å². The zero-order valence-electron chi connectivity index (χ0n) is 14.6. The number of hydrazine groups is 2. The molecule has 0 aromatic heterocycles. The van der Waals surface area contributed by atoms with E-state index in [1.807, 2.05) is 0 Å². The van der Waals surface area contributed by atoms with Gasteiger partial charge in [-0.1, -0.05) is 20.8 Å². The summed E-state index contributed by atoms with van der Waals surface area (Å²) < 4.78 is 0. The van der Waals surface area contributed by atoms with E-state index in [9.17, 15) is 0 Å². The van der Waals surface area contributed by atoms with Gasteiger partial charge in [-0.3, -0.25) is 0 Å². The van der Waals surface area contributed by atoms with E-state index in [1.54, 1.807) is 0 Å². The smallest absolute Gasteiger partial charge is 0.0343 e. The Kier molecular flexibility index (Phi) is 6.02. The first-order valence-corrected chi connectivity index (χ1v) is 8.08. The first-order chi connectivity index (χ1) is 9.07. The topological polar surface area (TPSA) is 53.3 Å². The average molecular weight is 284 g/mol. The highest BCUT2D eigenvalue weighted by molar-refractivity contribution is 4.94. The molecule has 2 unspecified atom stereocenters. The van der Waals surface area contributed by atoms with E-state index in [2.05, 4.69) is 64.4 Å². The van der Waals surface area contributed by atoms with Gasteiger partial charge in [0.25, 0.3) is 0 Å². The van der Waals surface area contributed by atoms with Crippen LogP contribution in [0.3, 0.4) is 0 Å². The molecule has 0 aromatic rings. The molecule has 1 rings (SSSR count). The number of hydrogen-bond acceptors (Lipinski definition) is 4. The zero-order valence-corrected chi connectivity index (χ0v) is 14.6. The molecule has 1 aliphatic carbocycles. The third-order valence-corrected chi connectivity index (χ3v) is 4.17. The van der Waals surface area contributed by atoms with Crippen LogP contribution in [0.25, 0.3) is 0 Å². The third-order valence-electron chi connectivity index (χ3n) is 4.17. The Morgan fingerprint density at radius 3 is 2.20 bits per heavy atom. The summed E-state index contributed by atoms with van der Waals surface area (Å²) in [5.74, 6) is 0. The first-order valence-electron chi connectivity index (χ1n) is 8.08. The van der Waals surface area contributed by atoms with Gasteiger partial charge in [0.05, 0.1) is 0 Å². The number of nitrogens with one attached hydrogen (secondary N) is 2. The van der Waals surface area contributed by atoms with Gasteiger partial charge in [-0.15, -0.1) is 0 Å². The van der Waals surface area contributed by atoms with Crippen LogP contribution in [-0.4, -0.2) is 29.8 Å². The first kappa shape index (κ1) is 17.9. The average Bonchev–Trinajstić information content (AvgIpc) is 2.24. The highest BCUT2D eigenvalue weighted by Crippen LogP contribution is 2.45. The Morgan fingerprint density at radius 2 is 1.75 bits per heavy atom. The van der Waals surface area contributed by atoms with Crippen molar-refractivity contribution in [2.45, 2.75) is 85.9 Å². The fourth-order valence-corrected chi connectivity index (χ4v) is 3.69. The SMILES string of the molecule is CC(C)NN(NC1CC(C)(C)CC(C)(CN)C1)C(C)C. The minimum absolute atomic E-state index is 0.250. The predicted octanol–water partition coefficient (Wildman–Crippen LogP) is 2.66. The molecule has 1 fully saturated rings. The van der Waals surface area contributed by atoms with Crippen LogP contribution in [0.1, 0.15) is 67.7 Å². The molecule has 0 aromatic carbocycles. The van der Waals surface area contributed by atoms with Crippen molar-refractivity contribution in [2.24, 2.45) is 16.6 Å². The summed E-state index contributed by atoms with van der Waals surface area (Å²) in [7, 11) is 0. The van der Waals surface area contributed by atoms with Crippen molar-refractivity contribution in [1.82, 2.24) is 16.0 Å². The second-order valence-corrected chi connectivity index (χ2v) is 8.34. The van der Waals surface area contributed by atoms with Crippen molar-refractivity contribution in [3.8, 4) is 0 Å². The van der Waals surface area contributed by atoms with Crippen LogP contribution in [0.2, 0.25) is 0 Å². The maximum atomic E-state index is 6.04. The van der Waals surface area contributed by atoms with Gasteiger partial charge in [-0.25, -0.2) is 10.9 Å². The van der Waals surface area contributed by atoms with E-state index >= 15 is 0 Å². The van der Waals surface area contributed by atoms with Gasteiger partial charge in [0.1, 0.15) is 0 Å². The molecular formula is C16H36N4. The maximum Gasteiger partial charge on any atom is 0.0343 e. The summed E-state index contributed by atoms with van der Waals surface area (Å²) in [6.45, 7) is 16.6. The maximum absolute atomic E-state index is 6.04. The summed E-state index contributed by atoms with van der Waals surface area (Å²) >= 11 is 0. The normalized spacial score (nSPS) is 30.4. The van der Waals surface area contributed by atoms with Gasteiger partial charge < -0.3 is 5.73 Å². The zero-order chi connectivity index (χ0) is 15.6. The van der Waals surface area contributed by atoms with Crippen LogP contribution in [0.15, 0.2) is 0 Å². The molecule has 4 heteroatoms. The second kappa shape index (κ2) is 6.73. The molecule has 0 saturated heterocycles. The summed E-state index contributed by atoms with van der Waals surface area (Å²) in [5.41, 5.74) is 13.8. The summed E-state index contributed by atoms with van der Waals surface area (Å²) in [6.07, 6.45) is 3.56. The predicted molar refractivity (Wildman–Crippen MR) is 87.0 cm³/mol. The molecular weight excluding hydrogens is 248 g/mol. The fourth-order valence-electron chi connectivity index (χ4n) is 3.69. The van der Waals surface area contributed by atoms with Crippen molar-refractivity contribution >= 4 is 0 Å². The molecule has 120 valence electrons. The van der Waals surface area contributed by atoms with Gasteiger partial charge in [0, 0.05) is 18.1 Å². The Hall–Kier alpha value is -0.160. The minimum Gasteiger partial charge on any atom is -0.330 e. The lowest BCUT2D eigenvalue weighted by Crippen LogP contribution is -2.60. The lowest BCUT2D eigenvalue weighted by Gasteiger charge is -2.48. The van der Waals surface area contributed by atoms with E-state index in [0.29, 0.717) is 23.5 Å². The standard InChI is InChI=1S/C16H36N4/c1-12(2)18-20(13(3)4)19-14-8-15(5,6)10-16(7,9-14)11-17/h12-14,18-19H,8-11,17H2,1-7H3. The van der Waals surface area contributed by atoms with E-state index < -0.39 is 0 Å². The third kappa shape index (κ3) is 5.32. The molecule has 4 N–H and O–H groups in total. The van der Waals surface area contributed by atoms with Gasteiger partial charge in [0.2, 0.25) is 0 Å². The number of rotatable bonds is 6. The molecule has 0 amide bonds. The molecule has 2 atom stereocenters.